The number of carbonyl (C=O) groups excluding carboxylic acids is 1. The Kier molecular flexibility index (Phi) is 7.11. The molecule has 2 fully saturated rings. The number of fused-ring (bicyclic) bond motifs is 1. The van der Waals surface area contributed by atoms with Crippen LogP contribution in [0.1, 0.15) is 43.5 Å². The van der Waals surface area contributed by atoms with E-state index in [9.17, 15) is 14.7 Å². The minimum absolute atomic E-state index is 0.0510. The van der Waals surface area contributed by atoms with Crippen molar-refractivity contribution in [1.29, 1.82) is 0 Å². The highest BCUT2D eigenvalue weighted by molar-refractivity contribution is 6.35. The topological polar surface area (TPSA) is 97.1 Å². The Balaban J connectivity index is 1.62. The van der Waals surface area contributed by atoms with Crippen molar-refractivity contribution in [2.45, 2.75) is 57.8 Å². The van der Waals surface area contributed by atoms with E-state index in [1.54, 1.807) is 7.11 Å². The van der Waals surface area contributed by atoms with Gasteiger partial charge in [-0.2, -0.15) is 5.10 Å². The van der Waals surface area contributed by atoms with Gasteiger partial charge in [-0.3, -0.25) is 9.48 Å². The summed E-state index contributed by atoms with van der Waals surface area (Å²) in [5, 5.41) is 15.5. The van der Waals surface area contributed by atoms with E-state index in [0.29, 0.717) is 18.2 Å². The zero-order chi connectivity index (χ0) is 23.7. The molecule has 180 valence electrons. The molecule has 0 bridgehead atoms. The lowest BCUT2D eigenvalue weighted by atomic mass is 10.0. The molecule has 4 rings (SSSR count). The van der Waals surface area contributed by atoms with Crippen molar-refractivity contribution >= 4 is 34.5 Å². The van der Waals surface area contributed by atoms with E-state index >= 15 is 0 Å². The first kappa shape index (κ1) is 23.8. The number of aromatic nitrogens is 2. The molecule has 2 aromatic rings. The molecule has 33 heavy (non-hydrogen) atoms. The van der Waals surface area contributed by atoms with Crippen LogP contribution in [0.15, 0.2) is 12.1 Å². The summed E-state index contributed by atoms with van der Waals surface area (Å²) in [6.07, 6.45) is 0.858. The maximum absolute atomic E-state index is 13.5. The third-order valence-electron chi connectivity index (χ3n) is 6.43. The van der Waals surface area contributed by atoms with Crippen molar-refractivity contribution in [2.24, 2.45) is 0 Å². The largest absolute Gasteiger partial charge is 0.465 e. The number of carboxylic acid groups (broad SMARTS) is 1. The summed E-state index contributed by atoms with van der Waals surface area (Å²) in [6.45, 7) is 5.82. The van der Waals surface area contributed by atoms with Gasteiger partial charge in [-0.15, -0.1) is 0 Å². The molecule has 2 heterocycles. The van der Waals surface area contributed by atoms with Crippen molar-refractivity contribution in [2.75, 3.05) is 33.4 Å². The predicted octanol–water partition coefficient (Wildman–Crippen LogP) is 3.47. The van der Waals surface area contributed by atoms with Gasteiger partial charge in [0, 0.05) is 38.2 Å². The van der Waals surface area contributed by atoms with E-state index in [2.05, 4.69) is 11.2 Å². The van der Waals surface area contributed by atoms with E-state index in [1.807, 2.05) is 29.5 Å². The standard InChI is InChI=1S/C23H31ClN4O5/c1-14-21-18(24)11-16(12-19(21)27(25-14)7-4-9-32-3)15(2)28(17-5-6-17)22(29)20-13-26(23(30)31)8-10-33-20/h11-12,15,17,20H,4-10,13H2,1-3H3,(H,30,31)/t15?,20-/m1/s1. The van der Waals surface area contributed by atoms with Crippen LogP contribution in [0.3, 0.4) is 0 Å². The molecule has 0 spiro atoms. The van der Waals surface area contributed by atoms with Gasteiger partial charge in [0.1, 0.15) is 0 Å². The van der Waals surface area contributed by atoms with Crippen LogP contribution in [0.25, 0.3) is 10.9 Å². The number of morpholine rings is 1. The lowest BCUT2D eigenvalue weighted by Crippen LogP contribution is -2.53. The van der Waals surface area contributed by atoms with Crippen LogP contribution >= 0.6 is 11.6 Å². The second-order valence-electron chi connectivity index (χ2n) is 8.79. The van der Waals surface area contributed by atoms with Crippen molar-refractivity contribution in [3.8, 4) is 0 Å². The fraction of sp³-hybridized carbons (Fsp3) is 0.609. The molecule has 1 aromatic heterocycles. The first-order chi connectivity index (χ1) is 15.8. The highest BCUT2D eigenvalue weighted by atomic mass is 35.5. The number of nitrogens with zero attached hydrogens (tertiary/aromatic N) is 4. The third kappa shape index (κ3) is 4.95. The van der Waals surface area contributed by atoms with Gasteiger partial charge in [0.05, 0.1) is 35.4 Å². The fourth-order valence-electron chi connectivity index (χ4n) is 4.57. The highest BCUT2D eigenvalue weighted by Crippen LogP contribution is 2.38. The minimum atomic E-state index is -1.03. The van der Waals surface area contributed by atoms with Gasteiger partial charge >= 0.3 is 6.09 Å². The number of halogens is 1. The van der Waals surface area contributed by atoms with E-state index in [-0.39, 0.29) is 37.7 Å². The molecule has 2 aliphatic rings. The molecule has 2 amide bonds. The maximum Gasteiger partial charge on any atom is 0.407 e. The minimum Gasteiger partial charge on any atom is -0.465 e. The van der Waals surface area contributed by atoms with Crippen molar-refractivity contribution in [3.05, 3.63) is 28.4 Å². The fourth-order valence-corrected chi connectivity index (χ4v) is 4.93. The normalized spacial score (nSPS) is 19.6. The first-order valence-electron chi connectivity index (χ1n) is 11.4. The van der Waals surface area contributed by atoms with E-state index in [1.165, 1.54) is 4.90 Å². The van der Waals surface area contributed by atoms with Crippen molar-refractivity contribution < 1.29 is 24.2 Å². The number of hydrogen-bond acceptors (Lipinski definition) is 5. The predicted molar refractivity (Wildman–Crippen MR) is 124 cm³/mol. The van der Waals surface area contributed by atoms with Crippen LogP contribution in [-0.4, -0.2) is 82.2 Å². The van der Waals surface area contributed by atoms with Crippen molar-refractivity contribution in [1.82, 2.24) is 19.6 Å². The summed E-state index contributed by atoms with van der Waals surface area (Å²) in [5.41, 5.74) is 2.73. The van der Waals surface area contributed by atoms with Gasteiger partial charge in [-0.05, 0) is 50.8 Å². The highest BCUT2D eigenvalue weighted by Gasteiger charge is 2.41. The second-order valence-corrected chi connectivity index (χ2v) is 9.20. The van der Waals surface area contributed by atoms with E-state index in [0.717, 1.165) is 41.4 Å². The Labute approximate surface area is 198 Å². The Morgan fingerprint density at radius 1 is 1.39 bits per heavy atom. The number of ether oxygens (including phenoxy) is 2. The molecular weight excluding hydrogens is 448 g/mol. The van der Waals surface area contributed by atoms with Gasteiger partial charge in [-0.1, -0.05) is 11.6 Å². The van der Waals surface area contributed by atoms with E-state index in [4.69, 9.17) is 21.1 Å². The number of rotatable bonds is 8. The monoisotopic (exact) mass is 478 g/mol. The summed E-state index contributed by atoms with van der Waals surface area (Å²) in [4.78, 5) is 28.0. The van der Waals surface area contributed by atoms with Crippen LogP contribution in [0, 0.1) is 6.92 Å². The van der Waals surface area contributed by atoms with Gasteiger partial charge in [0.2, 0.25) is 0 Å². The molecule has 1 saturated heterocycles. The molecule has 10 heteroatoms. The quantitative estimate of drug-likeness (QED) is 0.583. The molecule has 1 saturated carbocycles. The zero-order valence-electron chi connectivity index (χ0n) is 19.3. The van der Waals surface area contributed by atoms with Crippen LogP contribution in [0.4, 0.5) is 4.79 Å². The molecule has 9 nitrogen and oxygen atoms in total. The van der Waals surface area contributed by atoms with Crippen molar-refractivity contribution in [3.63, 3.8) is 0 Å². The Hall–Kier alpha value is -2.36. The smallest absolute Gasteiger partial charge is 0.407 e. The molecule has 1 N–H and O–H groups in total. The molecule has 0 radical (unpaired) electrons. The second kappa shape index (κ2) is 9.87. The van der Waals surface area contributed by atoms with Crippen LogP contribution < -0.4 is 0 Å². The molecule has 1 aliphatic heterocycles. The number of hydrogen-bond donors (Lipinski definition) is 1. The van der Waals surface area contributed by atoms with Crippen LogP contribution in [-0.2, 0) is 20.8 Å². The Morgan fingerprint density at radius 2 is 2.15 bits per heavy atom. The lowest BCUT2D eigenvalue weighted by molar-refractivity contribution is -0.151. The number of benzene rings is 1. The summed E-state index contributed by atoms with van der Waals surface area (Å²) in [7, 11) is 1.68. The third-order valence-corrected chi connectivity index (χ3v) is 6.73. The molecule has 1 aromatic carbocycles. The van der Waals surface area contributed by atoms with Gasteiger partial charge in [-0.25, -0.2) is 4.79 Å². The average molecular weight is 479 g/mol. The summed E-state index contributed by atoms with van der Waals surface area (Å²) < 4.78 is 12.8. The number of carbonyl (C=O) groups is 2. The SMILES string of the molecule is COCCCn1nc(C)c2c(Cl)cc(C(C)N(C(=O)[C@H]3CN(C(=O)O)CCO3)C3CC3)cc21. The van der Waals surface area contributed by atoms with Gasteiger partial charge in [0.15, 0.2) is 6.10 Å². The molecular formula is C23H31ClN4O5. The molecule has 1 unspecified atom stereocenters. The van der Waals surface area contributed by atoms with Gasteiger partial charge in [0.25, 0.3) is 5.91 Å². The Bertz CT molecular complexity index is 1040. The number of methoxy groups -OCH3 is 1. The Morgan fingerprint density at radius 3 is 2.82 bits per heavy atom. The lowest BCUT2D eigenvalue weighted by Gasteiger charge is -2.36. The van der Waals surface area contributed by atoms with E-state index < -0.39 is 12.2 Å². The van der Waals surface area contributed by atoms with Crippen LogP contribution in [0.2, 0.25) is 5.02 Å². The zero-order valence-corrected chi connectivity index (χ0v) is 20.0. The average Bonchev–Trinajstić information content (AvgIpc) is 3.57. The number of amides is 2. The molecule has 1 aliphatic carbocycles. The first-order valence-corrected chi connectivity index (χ1v) is 11.8. The summed E-state index contributed by atoms with van der Waals surface area (Å²) in [5.74, 6) is -0.169. The maximum atomic E-state index is 13.5. The van der Waals surface area contributed by atoms with Crippen LogP contribution in [0.5, 0.6) is 0 Å². The van der Waals surface area contributed by atoms with Gasteiger partial charge < -0.3 is 24.4 Å². The summed E-state index contributed by atoms with van der Waals surface area (Å²) >= 11 is 6.69. The number of aryl methyl sites for hydroxylation is 2. The molecule has 2 atom stereocenters. The summed E-state index contributed by atoms with van der Waals surface area (Å²) in [6, 6.07) is 3.86.